The molecule has 0 aliphatic heterocycles. The zero-order valence-electron chi connectivity index (χ0n) is 14.2. The van der Waals surface area contributed by atoms with Gasteiger partial charge < -0.3 is 0 Å². The predicted octanol–water partition coefficient (Wildman–Crippen LogP) is 4.32. The van der Waals surface area contributed by atoms with Gasteiger partial charge in [0.1, 0.15) is 0 Å². The molecule has 124 valence electrons. The minimum atomic E-state index is -0.0272. The molecule has 3 aromatic rings. The number of hydrazine groups is 1. The second-order valence-corrected chi connectivity index (χ2v) is 5.25. The second kappa shape index (κ2) is 10.9. The van der Waals surface area contributed by atoms with Crippen molar-refractivity contribution < 1.29 is 4.79 Å². The molecular weight excluding hydrogens is 296 g/mol. The first-order valence-electron chi connectivity index (χ1n) is 7.62. The Hall–Kier alpha value is -2.75. The van der Waals surface area contributed by atoms with Crippen LogP contribution in [0.1, 0.15) is 10.4 Å². The maximum atomic E-state index is 10.9. The van der Waals surface area contributed by atoms with Gasteiger partial charge in [0, 0.05) is 19.7 Å². The fraction of sp³-hybridized carbons (Fsp3) is 0.0952. The highest BCUT2D eigenvalue weighted by molar-refractivity contribution is 6.04. The Kier molecular flexibility index (Phi) is 8.76. The number of hydrogen-bond acceptors (Lipinski definition) is 3. The van der Waals surface area contributed by atoms with E-state index in [4.69, 9.17) is 5.84 Å². The third-order valence-corrected chi connectivity index (χ3v) is 2.90. The highest BCUT2D eigenvalue weighted by Crippen LogP contribution is 2.11. The van der Waals surface area contributed by atoms with Crippen LogP contribution in [-0.2, 0) is 0 Å². The Labute approximate surface area is 144 Å². The molecule has 0 saturated carbocycles. The quantitative estimate of drug-likeness (QED) is 0.331. The minimum Gasteiger partial charge on any atom is -0.289 e. The lowest BCUT2D eigenvalue weighted by atomic mass is 10.1. The maximum Gasteiger partial charge on any atom is 0.185 e. The molecule has 3 heteroatoms. The zero-order chi connectivity index (χ0) is 17.8. The third-order valence-electron chi connectivity index (χ3n) is 2.90. The lowest BCUT2D eigenvalue weighted by Gasteiger charge is -1.92. The molecule has 3 aromatic carbocycles. The maximum absolute atomic E-state index is 10.9. The van der Waals surface area contributed by atoms with Crippen molar-refractivity contribution in [1.29, 1.82) is 0 Å². The van der Waals surface area contributed by atoms with E-state index in [1.165, 1.54) is 21.9 Å². The van der Waals surface area contributed by atoms with Crippen LogP contribution in [0.3, 0.4) is 0 Å². The molecule has 0 amide bonds. The number of fused-ring (bicyclic) bond motifs is 1. The number of ketones is 1. The monoisotopic (exact) mass is 320 g/mol. The summed E-state index contributed by atoms with van der Waals surface area (Å²) in [5.41, 5.74) is 0.692. The Bertz CT molecular complexity index is 684. The largest absolute Gasteiger partial charge is 0.289 e. The van der Waals surface area contributed by atoms with Gasteiger partial charge in [-0.2, -0.15) is 0 Å². The van der Waals surface area contributed by atoms with Gasteiger partial charge in [0.15, 0.2) is 5.78 Å². The number of benzene rings is 3. The Balaban J connectivity index is 0.000000198. The predicted molar refractivity (Wildman–Crippen MR) is 103 cm³/mol. The van der Waals surface area contributed by atoms with Crippen LogP contribution in [0.25, 0.3) is 10.8 Å². The van der Waals surface area contributed by atoms with Crippen LogP contribution >= 0.6 is 0 Å². The highest BCUT2D eigenvalue weighted by atomic mass is 16.1. The summed E-state index contributed by atoms with van der Waals surface area (Å²) in [7, 11) is 3.56. The van der Waals surface area contributed by atoms with Crippen molar-refractivity contribution in [3.63, 3.8) is 0 Å². The van der Waals surface area contributed by atoms with E-state index in [1.807, 2.05) is 18.2 Å². The van der Waals surface area contributed by atoms with E-state index >= 15 is 0 Å². The molecule has 3 nitrogen and oxygen atoms in total. The van der Waals surface area contributed by atoms with E-state index in [9.17, 15) is 4.79 Å². The fourth-order valence-electron chi connectivity index (χ4n) is 1.85. The smallest absolute Gasteiger partial charge is 0.185 e. The van der Waals surface area contributed by atoms with Gasteiger partial charge in [-0.25, -0.2) is 0 Å². The normalized spacial score (nSPS) is 9.33. The number of nitrogens with zero attached hydrogens (tertiary/aromatic N) is 1. The first kappa shape index (κ1) is 19.3. The summed E-state index contributed by atoms with van der Waals surface area (Å²) in [5, 5.41) is 4.12. The number of allylic oxidation sites excluding steroid dienone is 1. The number of carbonyl (C=O) groups is 1. The van der Waals surface area contributed by atoms with E-state index in [0.717, 1.165) is 0 Å². The third kappa shape index (κ3) is 7.49. The van der Waals surface area contributed by atoms with Crippen LogP contribution in [0.15, 0.2) is 91.5 Å². The van der Waals surface area contributed by atoms with Crippen LogP contribution in [0.4, 0.5) is 0 Å². The molecule has 0 saturated heterocycles. The molecule has 0 unspecified atom stereocenters. The molecule has 0 radical (unpaired) electrons. The molecule has 3 rings (SSSR count). The molecule has 0 aliphatic rings. The average molecular weight is 320 g/mol. The first-order chi connectivity index (χ1) is 11.5. The van der Waals surface area contributed by atoms with Crippen molar-refractivity contribution in [1.82, 2.24) is 5.01 Å². The summed E-state index contributed by atoms with van der Waals surface area (Å²) < 4.78 is 0. The fourth-order valence-corrected chi connectivity index (χ4v) is 1.85. The minimum absolute atomic E-state index is 0.0272. The molecule has 0 bridgehead atoms. The van der Waals surface area contributed by atoms with E-state index in [0.29, 0.717) is 5.56 Å². The Morgan fingerprint density at radius 1 is 0.833 bits per heavy atom. The van der Waals surface area contributed by atoms with Crippen LogP contribution in [0, 0.1) is 0 Å². The summed E-state index contributed by atoms with van der Waals surface area (Å²) in [5.74, 6) is 4.92. The molecule has 24 heavy (non-hydrogen) atoms. The SMILES string of the molecule is C=CC(=O)c1ccccc1.CN(C)N.c1ccc2ccccc2c1. The van der Waals surface area contributed by atoms with Crippen molar-refractivity contribution >= 4 is 16.6 Å². The number of carbonyl (C=O) groups excluding carboxylic acids is 1. The van der Waals surface area contributed by atoms with Gasteiger partial charge in [-0.3, -0.25) is 15.6 Å². The van der Waals surface area contributed by atoms with Crippen molar-refractivity contribution in [2.24, 2.45) is 5.84 Å². The van der Waals surface area contributed by atoms with Gasteiger partial charge in [-0.05, 0) is 16.8 Å². The summed E-state index contributed by atoms with van der Waals surface area (Å²) in [6, 6.07) is 25.8. The van der Waals surface area contributed by atoms with Crippen LogP contribution in [0.5, 0.6) is 0 Å². The summed E-state index contributed by atoms with van der Waals surface area (Å²) in [4.78, 5) is 10.9. The van der Waals surface area contributed by atoms with Gasteiger partial charge in [0.05, 0.1) is 0 Å². The number of rotatable bonds is 2. The van der Waals surface area contributed by atoms with Gasteiger partial charge in [-0.15, -0.1) is 0 Å². The lowest BCUT2D eigenvalue weighted by Crippen LogP contribution is -2.18. The molecule has 0 aromatic heterocycles. The molecule has 0 aliphatic carbocycles. The highest BCUT2D eigenvalue weighted by Gasteiger charge is 1.95. The summed E-state index contributed by atoms with van der Waals surface area (Å²) in [6.45, 7) is 3.39. The van der Waals surface area contributed by atoms with Crippen LogP contribution in [0.2, 0.25) is 0 Å². The van der Waals surface area contributed by atoms with Gasteiger partial charge >= 0.3 is 0 Å². The molecule has 0 spiro atoms. The summed E-state index contributed by atoms with van der Waals surface area (Å²) in [6.07, 6.45) is 1.31. The van der Waals surface area contributed by atoms with E-state index < -0.39 is 0 Å². The van der Waals surface area contributed by atoms with Crippen LogP contribution < -0.4 is 5.84 Å². The standard InChI is InChI=1S/C10H8.C9H8O.C2H8N2/c1-2-6-10-8-4-3-7-9(10)5-1;1-2-9(10)8-6-4-3-5-7-8;1-4(2)3/h1-8H;2-7H,1H2;3H2,1-2H3. The first-order valence-corrected chi connectivity index (χ1v) is 7.62. The Morgan fingerprint density at radius 3 is 1.50 bits per heavy atom. The Morgan fingerprint density at radius 2 is 1.17 bits per heavy atom. The van der Waals surface area contributed by atoms with Crippen LogP contribution in [-0.4, -0.2) is 24.9 Å². The summed E-state index contributed by atoms with van der Waals surface area (Å²) >= 11 is 0. The van der Waals surface area contributed by atoms with Gasteiger partial charge in [0.2, 0.25) is 0 Å². The second-order valence-electron chi connectivity index (χ2n) is 5.25. The number of hydrogen-bond donors (Lipinski definition) is 1. The van der Waals surface area contributed by atoms with E-state index in [2.05, 4.69) is 55.1 Å². The molecular formula is C21H24N2O. The molecule has 2 N–H and O–H groups in total. The molecule has 0 fully saturated rings. The van der Waals surface area contributed by atoms with Crippen molar-refractivity contribution in [2.45, 2.75) is 0 Å². The molecule has 0 atom stereocenters. The van der Waals surface area contributed by atoms with Crippen molar-refractivity contribution in [3.05, 3.63) is 97.1 Å². The average Bonchev–Trinajstić information content (AvgIpc) is 2.62. The zero-order valence-corrected chi connectivity index (χ0v) is 14.2. The van der Waals surface area contributed by atoms with Crippen molar-refractivity contribution in [3.8, 4) is 0 Å². The number of nitrogens with two attached hydrogens (primary N) is 1. The topological polar surface area (TPSA) is 46.3 Å². The van der Waals surface area contributed by atoms with E-state index in [1.54, 1.807) is 26.2 Å². The van der Waals surface area contributed by atoms with Gasteiger partial charge in [-0.1, -0.05) is 85.4 Å². The van der Waals surface area contributed by atoms with Gasteiger partial charge in [0.25, 0.3) is 0 Å². The lowest BCUT2D eigenvalue weighted by molar-refractivity contribution is 0.104. The van der Waals surface area contributed by atoms with Crippen molar-refractivity contribution in [2.75, 3.05) is 14.1 Å². The van der Waals surface area contributed by atoms with E-state index in [-0.39, 0.29) is 5.78 Å². The molecule has 0 heterocycles.